The van der Waals surface area contributed by atoms with Gasteiger partial charge in [0.05, 0.1) is 22.5 Å². The summed E-state index contributed by atoms with van der Waals surface area (Å²) >= 11 is 1.40. The Hall–Kier alpha value is -3.85. The van der Waals surface area contributed by atoms with Gasteiger partial charge in [0.15, 0.2) is 5.16 Å². The van der Waals surface area contributed by atoms with E-state index in [1.54, 1.807) is 23.4 Å². The zero-order valence-corrected chi connectivity index (χ0v) is 20.8. The Morgan fingerprint density at radius 3 is 2.78 bits per heavy atom. The van der Waals surface area contributed by atoms with Crippen molar-refractivity contribution in [3.63, 3.8) is 0 Å². The number of nitrogens with zero attached hydrogens (tertiary/aromatic N) is 4. The number of benzene rings is 2. The lowest BCUT2D eigenvalue weighted by molar-refractivity contribution is -0.134. The zero-order chi connectivity index (χ0) is 24.9. The second-order valence-corrected chi connectivity index (χ2v) is 9.55. The first-order valence-corrected chi connectivity index (χ1v) is 12.8. The molecular weight excluding hydrogens is 474 g/mol. The van der Waals surface area contributed by atoms with Crippen molar-refractivity contribution in [2.75, 3.05) is 17.6 Å². The molecule has 2 aromatic carbocycles. The summed E-state index contributed by atoms with van der Waals surface area (Å²) in [6, 6.07) is 18.5. The predicted octanol–water partition coefficient (Wildman–Crippen LogP) is 4.27. The van der Waals surface area contributed by atoms with Crippen LogP contribution in [0.1, 0.15) is 18.4 Å². The van der Waals surface area contributed by atoms with Crippen molar-refractivity contribution in [1.29, 1.82) is 0 Å². The summed E-state index contributed by atoms with van der Waals surface area (Å²) in [4.78, 5) is 36.7. The van der Waals surface area contributed by atoms with Crippen LogP contribution >= 0.6 is 11.8 Å². The van der Waals surface area contributed by atoms with Gasteiger partial charge in [-0.3, -0.25) is 14.6 Å². The fourth-order valence-electron chi connectivity index (χ4n) is 4.36. The number of hydrogen-bond donors (Lipinski definition) is 1. The Kier molecular flexibility index (Phi) is 7.18. The molecule has 1 aliphatic rings. The van der Waals surface area contributed by atoms with Crippen LogP contribution in [0.15, 0.2) is 78.2 Å². The van der Waals surface area contributed by atoms with E-state index in [0.717, 1.165) is 28.2 Å². The van der Waals surface area contributed by atoms with Gasteiger partial charge in [0.2, 0.25) is 11.8 Å². The molecule has 3 heterocycles. The largest absolute Gasteiger partial charge is 0.487 e. The molecule has 1 N–H and O–H groups in total. The summed E-state index contributed by atoms with van der Waals surface area (Å²) in [6.45, 7) is 0.910. The highest BCUT2D eigenvalue weighted by Gasteiger charge is 2.34. The first-order chi connectivity index (χ1) is 17.6. The predicted molar refractivity (Wildman–Crippen MR) is 140 cm³/mol. The van der Waals surface area contributed by atoms with E-state index in [2.05, 4.69) is 15.3 Å². The molecule has 4 aromatic rings. The van der Waals surface area contributed by atoms with Crippen molar-refractivity contribution in [3.05, 3.63) is 78.6 Å². The van der Waals surface area contributed by atoms with Gasteiger partial charge in [-0.1, -0.05) is 42.1 Å². The van der Waals surface area contributed by atoms with Gasteiger partial charge in [-0.15, -0.1) is 0 Å². The molecular formula is C27H27N5O3S. The van der Waals surface area contributed by atoms with Crippen molar-refractivity contribution < 1.29 is 14.3 Å². The summed E-state index contributed by atoms with van der Waals surface area (Å²) in [5.41, 5.74) is 3.44. The van der Waals surface area contributed by atoms with Crippen LogP contribution in [0.5, 0.6) is 5.75 Å². The van der Waals surface area contributed by atoms with E-state index in [0.29, 0.717) is 31.0 Å². The normalized spacial score (nSPS) is 15.2. The quantitative estimate of drug-likeness (QED) is 0.363. The number of likely N-dealkylation sites (tertiary alicyclic amines) is 1. The monoisotopic (exact) mass is 501 g/mol. The second-order valence-electron chi connectivity index (χ2n) is 8.61. The molecule has 9 heteroatoms. The number of aromatic nitrogens is 3. The maximum atomic E-state index is 13.2. The smallest absolute Gasteiger partial charge is 0.247 e. The average molecular weight is 502 g/mol. The number of hydrogen-bond acceptors (Lipinski definition) is 6. The van der Waals surface area contributed by atoms with Gasteiger partial charge in [0.25, 0.3) is 0 Å². The Balaban J connectivity index is 1.21. The van der Waals surface area contributed by atoms with Crippen molar-refractivity contribution in [3.8, 4) is 5.75 Å². The SMILES string of the molecule is Cn1c(SCC(=O)N2CCC[C@H]2C(=O)Nc2ccccc2OCc2cccnc2)nc2ccccc21. The molecule has 0 saturated carbocycles. The number of rotatable bonds is 8. The third-order valence-corrected chi connectivity index (χ3v) is 7.22. The van der Waals surface area contributed by atoms with Crippen LogP contribution in [-0.2, 0) is 23.2 Å². The van der Waals surface area contributed by atoms with Crippen molar-refractivity contribution >= 4 is 40.3 Å². The second kappa shape index (κ2) is 10.8. The maximum Gasteiger partial charge on any atom is 0.247 e. The molecule has 0 radical (unpaired) electrons. The molecule has 5 rings (SSSR count). The zero-order valence-electron chi connectivity index (χ0n) is 20.0. The van der Waals surface area contributed by atoms with Gasteiger partial charge < -0.3 is 19.5 Å². The molecule has 1 atom stereocenters. The third kappa shape index (κ3) is 5.21. The number of imidazole rings is 1. The number of thioether (sulfide) groups is 1. The number of ether oxygens (including phenoxy) is 1. The van der Waals surface area contributed by atoms with Gasteiger partial charge in [0.1, 0.15) is 18.4 Å². The number of amides is 2. The van der Waals surface area contributed by atoms with E-state index in [9.17, 15) is 9.59 Å². The average Bonchev–Trinajstić information content (AvgIpc) is 3.53. The Bertz CT molecular complexity index is 1370. The highest BCUT2D eigenvalue weighted by molar-refractivity contribution is 7.99. The molecule has 1 fully saturated rings. The summed E-state index contributed by atoms with van der Waals surface area (Å²) in [5, 5.41) is 3.76. The van der Waals surface area contributed by atoms with Crippen molar-refractivity contribution in [2.45, 2.75) is 30.6 Å². The minimum absolute atomic E-state index is 0.0641. The lowest BCUT2D eigenvalue weighted by Crippen LogP contribution is -2.44. The first kappa shape index (κ1) is 23.9. The van der Waals surface area contributed by atoms with Crippen LogP contribution in [0.25, 0.3) is 11.0 Å². The molecule has 2 aromatic heterocycles. The van der Waals surface area contributed by atoms with Crippen LogP contribution in [0.4, 0.5) is 5.69 Å². The van der Waals surface area contributed by atoms with Gasteiger partial charge in [0, 0.05) is 31.5 Å². The minimum Gasteiger partial charge on any atom is -0.487 e. The first-order valence-electron chi connectivity index (χ1n) is 11.9. The molecule has 1 saturated heterocycles. The fraction of sp³-hybridized carbons (Fsp3) is 0.259. The van der Waals surface area contributed by atoms with E-state index < -0.39 is 6.04 Å². The standard InChI is InChI=1S/C27H27N5O3S/c1-31-22-11-4-2-9-20(22)30-27(31)36-18-25(33)32-15-7-12-23(32)26(34)29-21-10-3-5-13-24(21)35-17-19-8-6-14-28-16-19/h2-6,8-11,13-14,16,23H,7,12,15,17-18H2,1H3,(H,29,34)/t23-/m0/s1. The summed E-state index contributed by atoms with van der Waals surface area (Å²) in [6.07, 6.45) is 4.88. The van der Waals surface area contributed by atoms with Crippen molar-refractivity contribution in [2.24, 2.45) is 7.05 Å². The number of aryl methyl sites for hydroxylation is 1. The van der Waals surface area contributed by atoms with Gasteiger partial charge in [-0.25, -0.2) is 4.98 Å². The molecule has 8 nitrogen and oxygen atoms in total. The Morgan fingerprint density at radius 2 is 1.94 bits per heavy atom. The number of anilines is 1. The molecule has 1 aliphatic heterocycles. The molecule has 0 aliphatic carbocycles. The van der Waals surface area contributed by atoms with E-state index in [1.807, 2.05) is 66.2 Å². The number of fused-ring (bicyclic) bond motifs is 1. The molecule has 0 unspecified atom stereocenters. The lowest BCUT2D eigenvalue weighted by atomic mass is 10.2. The van der Waals surface area contributed by atoms with Gasteiger partial charge in [-0.2, -0.15) is 0 Å². The van der Waals surface area contributed by atoms with Crippen LogP contribution < -0.4 is 10.1 Å². The number of carbonyl (C=O) groups excluding carboxylic acids is 2. The fourth-order valence-corrected chi connectivity index (χ4v) is 5.23. The minimum atomic E-state index is -0.509. The van der Waals surface area contributed by atoms with Gasteiger partial charge >= 0.3 is 0 Å². The molecule has 184 valence electrons. The van der Waals surface area contributed by atoms with Gasteiger partial charge in [-0.05, 0) is 43.2 Å². The highest BCUT2D eigenvalue weighted by atomic mass is 32.2. The number of nitrogens with one attached hydrogen (secondary N) is 1. The summed E-state index contributed by atoms with van der Waals surface area (Å²) in [5.74, 6) is 0.533. The van der Waals surface area contributed by atoms with E-state index in [-0.39, 0.29) is 17.6 Å². The third-order valence-electron chi connectivity index (χ3n) is 6.21. The summed E-state index contributed by atoms with van der Waals surface area (Å²) < 4.78 is 7.93. The number of para-hydroxylation sites is 4. The van der Waals surface area contributed by atoms with Crippen LogP contribution in [0.3, 0.4) is 0 Å². The molecule has 2 amide bonds. The molecule has 0 spiro atoms. The number of pyridine rings is 1. The van der Waals surface area contributed by atoms with Crippen molar-refractivity contribution in [1.82, 2.24) is 19.4 Å². The highest BCUT2D eigenvalue weighted by Crippen LogP contribution is 2.28. The Morgan fingerprint density at radius 1 is 1.11 bits per heavy atom. The van der Waals surface area contributed by atoms with E-state index >= 15 is 0 Å². The van der Waals surface area contributed by atoms with Crippen LogP contribution in [0.2, 0.25) is 0 Å². The van der Waals surface area contributed by atoms with E-state index in [1.165, 1.54) is 11.8 Å². The lowest BCUT2D eigenvalue weighted by Gasteiger charge is -2.24. The number of carbonyl (C=O) groups is 2. The van der Waals surface area contributed by atoms with E-state index in [4.69, 9.17) is 4.74 Å². The molecule has 0 bridgehead atoms. The maximum absolute atomic E-state index is 13.2. The molecule has 36 heavy (non-hydrogen) atoms. The van der Waals surface area contributed by atoms with Crippen LogP contribution in [-0.4, -0.2) is 49.6 Å². The Labute approximate surface area is 213 Å². The topological polar surface area (TPSA) is 89.4 Å². The van der Waals surface area contributed by atoms with Crippen LogP contribution in [0, 0.1) is 0 Å². The summed E-state index contributed by atoms with van der Waals surface area (Å²) in [7, 11) is 1.95.